The fourth-order valence-electron chi connectivity index (χ4n) is 1.84. The number of aryl methyl sites for hydroxylation is 1. The summed E-state index contributed by atoms with van der Waals surface area (Å²) in [6, 6.07) is 0. The Morgan fingerprint density at radius 3 is 3.14 bits per heavy atom. The van der Waals surface area contributed by atoms with Gasteiger partial charge in [-0.25, -0.2) is 4.79 Å². The van der Waals surface area contributed by atoms with Gasteiger partial charge in [0, 0.05) is 12.0 Å². The van der Waals surface area contributed by atoms with Crippen LogP contribution >= 0.6 is 0 Å². The average molecular weight is 195 g/mol. The highest BCUT2D eigenvalue weighted by molar-refractivity contribution is 5.88. The molecule has 1 aromatic rings. The molecule has 4 heteroatoms. The lowest BCUT2D eigenvalue weighted by Crippen LogP contribution is -2.13. The standard InChI is InChI=1S/C10H13NO3/c1-6-3-4-8-7(5-6)9(11-14-8)10(12)13-2/h6H,3-5H2,1-2H3/t6-/m0/s1. The normalized spacial score (nSPS) is 20.3. The molecule has 0 N–H and O–H groups in total. The van der Waals surface area contributed by atoms with E-state index in [4.69, 9.17) is 4.52 Å². The molecule has 1 aliphatic carbocycles. The van der Waals surface area contributed by atoms with Gasteiger partial charge in [0.25, 0.3) is 0 Å². The van der Waals surface area contributed by atoms with Gasteiger partial charge in [-0.2, -0.15) is 0 Å². The Hall–Kier alpha value is -1.32. The number of hydrogen-bond acceptors (Lipinski definition) is 4. The summed E-state index contributed by atoms with van der Waals surface area (Å²) in [7, 11) is 1.36. The largest absolute Gasteiger partial charge is 0.464 e. The molecule has 1 aliphatic rings. The maximum atomic E-state index is 11.3. The van der Waals surface area contributed by atoms with Crippen molar-refractivity contribution in [2.24, 2.45) is 5.92 Å². The first-order chi connectivity index (χ1) is 6.72. The van der Waals surface area contributed by atoms with E-state index in [0.717, 1.165) is 30.6 Å². The zero-order valence-electron chi connectivity index (χ0n) is 8.37. The van der Waals surface area contributed by atoms with Crippen molar-refractivity contribution in [1.82, 2.24) is 5.16 Å². The lowest BCUT2D eigenvalue weighted by molar-refractivity contribution is 0.0588. The lowest BCUT2D eigenvalue weighted by atomic mass is 9.88. The minimum absolute atomic E-state index is 0.356. The van der Waals surface area contributed by atoms with Gasteiger partial charge >= 0.3 is 5.97 Å². The van der Waals surface area contributed by atoms with Crippen LogP contribution in [0, 0.1) is 5.92 Å². The SMILES string of the molecule is COC(=O)c1noc2c1C[C@@H](C)CC2. The molecule has 4 nitrogen and oxygen atoms in total. The number of aromatic nitrogens is 1. The van der Waals surface area contributed by atoms with E-state index in [1.54, 1.807) is 0 Å². The summed E-state index contributed by atoms with van der Waals surface area (Å²) < 4.78 is 9.74. The first-order valence-corrected chi connectivity index (χ1v) is 4.78. The number of rotatable bonds is 1. The van der Waals surface area contributed by atoms with E-state index in [-0.39, 0.29) is 0 Å². The van der Waals surface area contributed by atoms with Crippen molar-refractivity contribution >= 4 is 5.97 Å². The predicted octanol–water partition coefficient (Wildman–Crippen LogP) is 1.59. The van der Waals surface area contributed by atoms with Gasteiger partial charge in [0.15, 0.2) is 5.69 Å². The van der Waals surface area contributed by atoms with Gasteiger partial charge in [0.2, 0.25) is 0 Å². The predicted molar refractivity (Wildman–Crippen MR) is 49.0 cm³/mol. The molecule has 0 fully saturated rings. The molecule has 0 bridgehead atoms. The van der Waals surface area contributed by atoms with Gasteiger partial charge in [-0.05, 0) is 18.8 Å². The van der Waals surface area contributed by atoms with Gasteiger partial charge in [0.05, 0.1) is 7.11 Å². The lowest BCUT2D eigenvalue weighted by Gasteiger charge is -2.15. The second-order valence-corrected chi connectivity index (χ2v) is 3.77. The summed E-state index contributed by atoms with van der Waals surface area (Å²) in [5, 5.41) is 3.75. The van der Waals surface area contributed by atoms with E-state index in [9.17, 15) is 4.79 Å². The smallest absolute Gasteiger partial charge is 0.360 e. The van der Waals surface area contributed by atoms with Crippen LogP contribution in [0.5, 0.6) is 0 Å². The first-order valence-electron chi connectivity index (χ1n) is 4.78. The van der Waals surface area contributed by atoms with E-state index in [2.05, 4.69) is 16.8 Å². The van der Waals surface area contributed by atoms with Crippen LogP contribution in [0.4, 0.5) is 0 Å². The Kier molecular flexibility index (Phi) is 2.27. The Bertz CT molecular complexity index is 356. The van der Waals surface area contributed by atoms with Crippen molar-refractivity contribution in [2.45, 2.75) is 26.2 Å². The van der Waals surface area contributed by atoms with Crippen molar-refractivity contribution in [3.63, 3.8) is 0 Å². The minimum Gasteiger partial charge on any atom is -0.464 e. The van der Waals surface area contributed by atoms with Crippen LogP contribution in [0.2, 0.25) is 0 Å². The Morgan fingerprint density at radius 2 is 2.43 bits per heavy atom. The highest BCUT2D eigenvalue weighted by Crippen LogP contribution is 2.27. The second-order valence-electron chi connectivity index (χ2n) is 3.77. The molecule has 0 radical (unpaired) electrons. The van der Waals surface area contributed by atoms with Crippen LogP contribution in [0.1, 0.15) is 35.2 Å². The quantitative estimate of drug-likeness (QED) is 0.638. The molecule has 14 heavy (non-hydrogen) atoms. The minimum atomic E-state index is -0.399. The zero-order valence-corrected chi connectivity index (χ0v) is 8.37. The number of carbonyl (C=O) groups is 1. The summed E-state index contributed by atoms with van der Waals surface area (Å²) >= 11 is 0. The van der Waals surface area contributed by atoms with Crippen LogP contribution in [0.15, 0.2) is 4.52 Å². The first kappa shape index (κ1) is 9.24. The van der Waals surface area contributed by atoms with E-state index >= 15 is 0 Å². The molecule has 1 aromatic heterocycles. The van der Waals surface area contributed by atoms with E-state index in [0.29, 0.717) is 11.6 Å². The van der Waals surface area contributed by atoms with Gasteiger partial charge in [-0.15, -0.1) is 0 Å². The van der Waals surface area contributed by atoms with Crippen LogP contribution < -0.4 is 0 Å². The maximum Gasteiger partial charge on any atom is 0.360 e. The van der Waals surface area contributed by atoms with Gasteiger partial charge < -0.3 is 9.26 Å². The average Bonchev–Trinajstić information content (AvgIpc) is 2.59. The third-order valence-electron chi connectivity index (χ3n) is 2.67. The molecule has 0 aromatic carbocycles. The number of nitrogens with zero attached hydrogens (tertiary/aromatic N) is 1. The Morgan fingerprint density at radius 1 is 1.64 bits per heavy atom. The third kappa shape index (κ3) is 1.41. The van der Waals surface area contributed by atoms with E-state index in [1.807, 2.05) is 0 Å². The maximum absolute atomic E-state index is 11.3. The van der Waals surface area contributed by atoms with Gasteiger partial charge in [0.1, 0.15) is 5.76 Å². The monoisotopic (exact) mass is 195 g/mol. The Balaban J connectivity index is 2.35. The summed E-state index contributed by atoms with van der Waals surface area (Å²) in [6.07, 6.45) is 2.84. The van der Waals surface area contributed by atoms with Gasteiger partial charge in [-0.3, -0.25) is 0 Å². The van der Waals surface area contributed by atoms with Crippen molar-refractivity contribution in [1.29, 1.82) is 0 Å². The number of carbonyl (C=O) groups excluding carboxylic acids is 1. The molecule has 0 spiro atoms. The van der Waals surface area contributed by atoms with Crippen molar-refractivity contribution in [3.8, 4) is 0 Å². The van der Waals surface area contributed by atoms with Crippen LogP contribution in [0.25, 0.3) is 0 Å². The summed E-state index contributed by atoms with van der Waals surface area (Å²) in [5.41, 5.74) is 1.30. The highest BCUT2D eigenvalue weighted by atomic mass is 16.5. The zero-order chi connectivity index (χ0) is 10.1. The summed E-state index contributed by atoms with van der Waals surface area (Å²) in [4.78, 5) is 11.3. The number of fused-ring (bicyclic) bond motifs is 1. The third-order valence-corrected chi connectivity index (χ3v) is 2.67. The topological polar surface area (TPSA) is 52.3 Å². The van der Waals surface area contributed by atoms with Crippen LogP contribution in [-0.4, -0.2) is 18.2 Å². The Labute approximate surface area is 82.2 Å². The van der Waals surface area contributed by atoms with Crippen LogP contribution in [0.3, 0.4) is 0 Å². The fourth-order valence-corrected chi connectivity index (χ4v) is 1.84. The van der Waals surface area contributed by atoms with Crippen molar-refractivity contribution in [2.75, 3.05) is 7.11 Å². The molecule has 0 saturated carbocycles. The molecule has 2 rings (SSSR count). The second kappa shape index (κ2) is 3.44. The van der Waals surface area contributed by atoms with E-state index < -0.39 is 5.97 Å². The molecular formula is C10H13NO3. The molecule has 0 unspecified atom stereocenters. The molecular weight excluding hydrogens is 182 g/mol. The fraction of sp³-hybridized carbons (Fsp3) is 0.600. The van der Waals surface area contributed by atoms with E-state index in [1.165, 1.54) is 7.11 Å². The van der Waals surface area contributed by atoms with Crippen LogP contribution in [-0.2, 0) is 17.6 Å². The number of methoxy groups -OCH3 is 1. The number of esters is 1. The summed E-state index contributed by atoms with van der Waals surface area (Å²) in [6.45, 7) is 2.16. The molecule has 0 aliphatic heterocycles. The highest BCUT2D eigenvalue weighted by Gasteiger charge is 2.27. The summed E-state index contributed by atoms with van der Waals surface area (Å²) in [5.74, 6) is 1.04. The number of ether oxygens (including phenoxy) is 1. The van der Waals surface area contributed by atoms with Crippen molar-refractivity contribution < 1.29 is 14.1 Å². The molecule has 1 heterocycles. The molecule has 0 saturated heterocycles. The number of hydrogen-bond donors (Lipinski definition) is 0. The molecule has 0 amide bonds. The molecule has 1 atom stereocenters. The van der Waals surface area contributed by atoms with Gasteiger partial charge in [-0.1, -0.05) is 12.1 Å². The molecule has 76 valence electrons. The van der Waals surface area contributed by atoms with Crippen molar-refractivity contribution in [3.05, 3.63) is 17.0 Å².